The summed E-state index contributed by atoms with van der Waals surface area (Å²) in [6.07, 6.45) is 1.46. The van der Waals surface area contributed by atoms with Gasteiger partial charge in [0.05, 0.1) is 12.1 Å². The van der Waals surface area contributed by atoms with Gasteiger partial charge in [0.15, 0.2) is 11.3 Å². The van der Waals surface area contributed by atoms with Crippen LogP contribution in [0.3, 0.4) is 0 Å². The Hall–Kier alpha value is -3.34. The summed E-state index contributed by atoms with van der Waals surface area (Å²) in [5, 5.41) is 0.778. The number of ether oxygens (including phenoxy) is 2. The highest BCUT2D eigenvalue weighted by Gasteiger charge is 2.17. The third-order valence-electron chi connectivity index (χ3n) is 4.33. The van der Waals surface area contributed by atoms with Crippen LogP contribution < -0.4 is 15.0 Å². The molecule has 1 aromatic carbocycles. The van der Waals surface area contributed by atoms with E-state index < -0.39 is 5.56 Å². The number of fused-ring (bicyclic) bond motifs is 2. The molecule has 0 fully saturated rings. The molecule has 154 valence electrons. The van der Waals surface area contributed by atoms with Crippen LogP contribution in [0.25, 0.3) is 26.6 Å². The minimum absolute atomic E-state index is 0.0737. The van der Waals surface area contributed by atoms with Gasteiger partial charge in [-0.1, -0.05) is 35.1 Å². The first kappa shape index (κ1) is 19.6. The molecule has 8 nitrogen and oxygen atoms in total. The molecular weight excluding hydrogens is 460 g/mol. The Bertz CT molecular complexity index is 1580. The van der Waals surface area contributed by atoms with Gasteiger partial charge < -0.3 is 13.9 Å². The summed E-state index contributed by atoms with van der Waals surface area (Å²) >= 11 is 12.6. The fourth-order valence-corrected chi connectivity index (χ4v) is 4.32. The van der Waals surface area contributed by atoms with Gasteiger partial charge in [-0.05, 0) is 30.4 Å². The van der Waals surface area contributed by atoms with E-state index in [4.69, 9.17) is 37.7 Å². The molecule has 0 N–H and O–H groups in total. The van der Waals surface area contributed by atoms with Gasteiger partial charge in [-0.3, -0.25) is 4.79 Å². The largest absolute Gasteiger partial charge is 0.493 e. The van der Waals surface area contributed by atoms with E-state index in [1.165, 1.54) is 29.2 Å². The van der Waals surface area contributed by atoms with Crippen LogP contribution in [0.5, 0.6) is 17.4 Å². The highest BCUT2D eigenvalue weighted by Crippen LogP contribution is 2.31. The molecular formula is C20H11ClN4O4S2. The number of halogens is 1. The fraction of sp³-hybridized carbons (Fsp3) is 0.0500. The summed E-state index contributed by atoms with van der Waals surface area (Å²) in [6.45, 7) is 0. The Morgan fingerprint density at radius 2 is 1.97 bits per heavy atom. The number of pyridine rings is 2. The van der Waals surface area contributed by atoms with Crippen molar-refractivity contribution in [3.8, 4) is 22.5 Å². The average molecular weight is 471 g/mol. The lowest BCUT2D eigenvalue weighted by molar-refractivity contribution is 0.404. The molecule has 5 aromatic rings. The van der Waals surface area contributed by atoms with Crippen molar-refractivity contribution in [3.05, 3.63) is 68.9 Å². The van der Waals surface area contributed by atoms with Crippen molar-refractivity contribution < 1.29 is 13.9 Å². The third kappa shape index (κ3) is 3.44. The number of para-hydroxylation sites is 1. The second-order valence-corrected chi connectivity index (χ2v) is 7.91. The van der Waals surface area contributed by atoms with Crippen LogP contribution in [0, 0.1) is 4.84 Å². The van der Waals surface area contributed by atoms with E-state index >= 15 is 0 Å². The van der Waals surface area contributed by atoms with Crippen LogP contribution in [-0.4, -0.2) is 26.6 Å². The minimum atomic E-state index is -0.461. The Morgan fingerprint density at radius 1 is 1.13 bits per heavy atom. The number of hydrogen-bond donors (Lipinski definition) is 0. The van der Waals surface area contributed by atoms with Gasteiger partial charge in [0.2, 0.25) is 16.6 Å². The number of hydrogen-bond acceptors (Lipinski definition) is 9. The Morgan fingerprint density at radius 3 is 2.77 bits per heavy atom. The maximum Gasteiger partial charge on any atom is 0.290 e. The fourth-order valence-electron chi connectivity index (χ4n) is 2.91. The normalized spacial score (nSPS) is 11.2. The van der Waals surface area contributed by atoms with E-state index in [2.05, 4.69) is 15.0 Å². The third-order valence-corrected chi connectivity index (χ3v) is 5.86. The van der Waals surface area contributed by atoms with Crippen LogP contribution >= 0.6 is 35.2 Å². The van der Waals surface area contributed by atoms with Crippen molar-refractivity contribution in [1.82, 2.24) is 19.5 Å². The SMILES string of the molecule is COc1ccnc2c(=O)n(-c3nc4ccc(Oc5ccccc5Cl)nc4s3)c(=S)oc12. The molecule has 5 rings (SSSR count). The van der Waals surface area contributed by atoms with E-state index in [0.29, 0.717) is 37.9 Å². The first-order chi connectivity index (χ1) is 15.0. The van der Waals surface area contributed by atoms with Crippen LogP contribution in [0.15, 0.2) is 57.9 Å². The molecule has 31 heavy (non-hydrogen) atoms. The average Bonchev–Trinajstić information content (AvgIpc) is 3.18. The Kier molecular flexibility index (Phi) is 4.89. The Balaban J connectivity index is 1.61. The lowest BCUT2D eigenvalue weighted by Crippen LogP contribution is -2.20. The highest BCUT2D eigenvalue weighted by atomic mass is 35.5. The molecule has 0 unspecified atom stereocenters. The molecule has 0 aliphatic carbocycles. The first-order valence-corrected chi connectivity index (χ1v) is 10.4. The van der Waals surface area contributed by atoms with E-state index in [1.54, 1.807) is 30.3 Å². The molecule has 0 aliphatic rings. The molecule has 0 aliphatic heterocycles. The zero-order valence-corrected chi connectivity index (χ0v) is 18.1. The number of rotatable bonds is 4. The Labute approximate surface area is 188 Å². The van der Waals surface area contributed by atoms with Gasteiger partial charge in [0.25, 0.3) is 10.4 Å². The summed E-state index contributed by atoms with van der Waals surface area (Å²) in [7, 11) is 1.47. The van der Waals surface area contributed by atoms with Gasteiger partial charge in [0, 0.05) is 18.3 Å². The predicted octanol–water partition coefficient (Wildman–Crippen LogP) is 5.17. The summed E-state index contributed by atoms with van der Waals surface area (Å²) in [4.78, 5) is 26.6. The molecule has 0 radical (unpaired) electrons. The lowest BCUT2D eigenvalue weighted by Gasteiger charge is -2.05. The molecule has 0 amide bonds. The minimum Gasteiger partial charge on any atom is -0.493 e. The lowest BCUT2D eigenvalue weighted by atomic mass is 10.3. The standard InChI is InChI=1S/C20H11ClN4O4S2/c1-27-13-8-9-22-15-16(13)29-20(30)25(18(15)26)19-23-11-6-7-14(24-17(11)31-19)28-12-5-3-2-4-10(12)21/h2-9H,1H3. The topological polar surface area (TPSA) is 92.3 Å². The predicted molar refractivity (Wildman–Crippen MR) is 119 cm³/mol. The van der Waals surface area contributed by atoms with Gasteiger partial charge in [-0.25, -0.2) is 19.5 Å². The molecule has 0 bridgehead atoms. The van der Waals surface area contributed by atoms with E-state index in [9.17, 15) is 4.79 Å². The van der Waals surface area contributed by atoms with Crippen LogP contribution in [0.2, 0.25) is 5.02 Å². The first-order valence-electron chi connectivity index (χ1n) is 8.84. The van der Waals surface area contributed by atoms with Crippen molar-refractivity contribution in [2.75, 3.05) is 7.11 Å². The molecule has 0 spiro atoms. The van der Waals surface area contributed by atoms with Crippen molar-refractivity contribution in [2.24, 2.45) is 0 Å². The number of nitrogens with zero attached hydrogens (tertiary/aromatic N) is 4. The van der Waals surface area contributed by atoms with Crippen LogP contribution in [-0.2, 0) is 0 Å². The quantitative estimate of drug-likeness (QED) is 0.332. The molecule has 4 aromatic heterocycles. The summed E-state index contributed by atoms with van der Waals surface area (Å²) < 4.78 is 17.8. The number of benzene rings is 1. The number of aromatic nitrogens is 4. The van der Waals surface area contributed by atoms with Crippen molar-refractivity contribution in [1.29, 1.82) is 0 Å². The van der Waals surface area contributed by atoms with E-state index in [-0.39, 0.29) is 15.9 Å². The summed E-state index contributed by atoms with van der Waals surface area (Å²) in [5.74, 6) is 1.20. The molecule has 4 heterocycles. The second-order valence-electron chi connectivity index (χ2n) is 6.20. The van der Waals surface area contributed by atoms with Gasteiger partial charge >= 0.3 is 0 Å². The highest BCUT2D eigenvalue weighted by molar-refractivity contribution is 7.71. The second kappa shape index (κ2) is 7.73. The van der Waals surface area contributed by atoms with Crippen LogP contribution in [0.1, 0.15) is 0 Å². The summed E-state index contributed by atoms with van der Waals surface area (Å²) in [5.41, 5.74) is 0.386. The number of methoxy groups -OCH3 is 1. The number of thiazole rings is 1. The smallest absolute Gasteiger partial charge is 0.290 e. The zero-order chi connectivity index (χ0) is 21.5. The van der Waals surface area contributed by atoms with E-state index in [1.807, 2.05) is 12.1 Å². The molecule has 0 saturated heterocycles. The monoisotopic (exact) mass is 470 g/mol. The molecule has 11 heteroatoms. The maximum absolute atomic E-state index is 13.1. The zero-order valence-electron chi connectivity index (χ0n) is 15.7. The van der Waals surface area contributed by atoms with Gasteiger partial charge in [-0.2, -0.15) is 0 Å². The summed E-state index contributed by atoms with van der Waals surface area (Å²) in [6, 6.07) is 12.1. The van der Waals surface area contributed by atoms with Gasteiger partial charge in [0.1, 0.15) is 16.1 Å². The van der Waals surface area contributed by atoms with Gasteiger partial charge in [-0.15, -0.1) is 0 Å². The molecule has 0 saturated carbocycles. The van der Waals surface area contributed by atoms with Crippen molar-refractivity contribution >= 4 is 56.6 Å². The van der Waals surface area contributed by atoms with Crippen molar-refractivity contribution in [3.63, 3.8) is 0 Å². The van der Waals surface area contributed by atoms with Crippen molar-refractivity contribution in [2.45, 2.75) is 0 Å². The van der Waals surface area contributed by atoms with Crippen LogP contribution in [0.4, 0.5) is 0 Å². The molecule has 0 atom stereocenters. The van der Waals surface area contributed by atoms with E-state index in [0.717, 1.165) is 0 Å². The maximum atomic E-state index is 13.1.